The summed E-state index contributed by atoms with van der Waals surface area (Å²) >= 11 is 0. The summed E-state index contributed by atoms with van der Waals surface area (Å²) in [6.45, 7) is 1.71. The Morgan fingerprint density at radius 3 is 2.69 bits per heavy atom. The van der Waals surface area contributed by atoms with E-state index in [0.29, 0.717) is 31.6 Å². The molecule has 0 saturated carbocycles. The molecule has 0 N–H and O–H groups in total. The van der Waals surface area contributed by atoms with Crippen molar-refractivity contribution in [3.63, 3.8) is 0 Å². The van der Waals surface area contributed by atoms with E-state index >= 15 is 0 Å². The van der Waals surface area contributed by atoms with Crippen LogP contribution >= 0.6 is 0 Å². The molecule has 2 aliphatic heterocycles. The Morgan fingerprint density at radius 1 is 1.27 bits per heavy atom. The van der Waals surface area contributed by atoms with Gasteiger partial charge >= 0.3 is 0 Å². The molecule has 2 saturated heterocycles. The van der Waals surface area contributed by atoms with Crippen molar-refractivity contribution in [1.29, 1.82) is 5.26 Å². The summed E-state index contributed by atoms with van der Waals surface area (Å²) in [5, 5.41) is 13.0. The summed E-state index contributed by atoms with van der Waals surface area (Å²) in [4.78, 5) is 32.7. The standard InChI is InChI=1S/C18H18N6O2/c1-22-12-20-16(21-22)17(26)23-7-6-18(10-23)8-15(25)24(11-18)14-4-2-13(9-19)3-5-14/h2-5,12H,6-8,10-11H2,1H3/t18-/m1/s1. The third-order valence-electron chi connectivity index (χ3n) is 5.15. The first-order valence-electron chi connectivity index (χ1n) is 8.45. The summed E-state index contributed by atoms with van der Waals surface area (Å²) in [6.07, 6.45) is 2.71. The van der Waals surface area contributed by atoms with Crippen molar-refractivity contribution in [3.8, 4) is 6.07 Å². The molecule has 2 amide bonds. The summed E-state index contributed by atoms with van der Waals surface area (Å²) < 4.78 is 1.50. The molecular weight excluding hydrogens is 332 g/mol. The van der Waals surface area contributed by atoms with Crippen LogP contribution in [0.5, 0.6) is 0 Å². The van der Waals surface area contributed by atoms with Crippen LogP contribution in [0.1, 0.15) is 29.0 Å². The van der Waals surface area contributed by atoms with Gasteiger partial charge in [0.1, 0.15) is 6.33 Å². The van der Waals surface area contributed by atoms with E-state index < -0.39 is 0 Å². The predicted octanol–water partition coefficient (Wildman–Crippen LogP) is 0.956. The molecule has 132 valence electrons. The highest BCUT2D eigenvalue weighted by molar-refractivity contribution is 5.97. The number of hydrogen-bond donors (Lipinski definition) is 0. The Balaban J connectivity index is 1.49. The molecule has 26 heavy (non-hydrogen) atoms. The van der Waals surface area contributed by atoms with E-state index in [0.717, 1.165) is 12.1 Å². The van der Waals surface area contributed by atoms with Crippen molar-refractivity contribution >= 4 is 17.5 Å². The lowest BCUT2D eigenvalue weighted by molar-refractivity contribution is -0.117. The lowest BCUT2D eigenvalue weighted by atomic mass is 9.86. The zero-order chi connectivity index (χ0) is 18.3. The number of nitriles is 1. The van der Waals surface area contributed by atoms with Crippen LogP contribution in [0.25, 0.3) is 0 Å². The van der Waals surface area contributed by atoms with Crippen LogP contribution in [-0.2, 0) is 11.8 Å². The number of hydrogen-bond acceptors (Lipinski definition) is 5. The molecule has 8 heteroatoms. The second kappa shape index (κ2) is 5.95. The maximum atomic E-state index is 12.6. The zero-order valence-corrected chi connectivity index (χ0v) is 14.4. The van der Waals surface area contributed by atoms with E-state index in [2.05, 4.69) is 16.2 Å². The number of benzene rings is 1. The molecule has 8 nitrogen and oxygen atoms in total. The third kappa shape index (κ3) is 2.71. The van der Waals surface area contributed by atoms with Gasteiger partial charge in [-0.25, -0.2) is 4.98 Å². The average molecular weight is 350 g/mol. The van der Waals surface area contributed by atoms with E-state index in [9.17, 15) is 9.59 Å². The van der Waals surface area contributed by atoms with Gasteiger partial charge in [0.15, 0.2) is 0 Å². The molecule has 3 heterocycles. The first kappa shape index (κ1) is 16.3. The summed E-state index contributed by atoms with van der Waals surface area (Å²) in [7, 11) is 1.72. The lowest BCUT2D eigenvalue weighted by Crippen LogP contribution is -2.34. The van der Waals surface area contributed by atoms with Crippen LogP contribution in [0.2, 0.25) is 0 Å². The molecule has 2 aromatic rings. The van der Waals surface area contributed by atoms with Gasteiger partial charge in [0, 0.05) is 44.2 Å². The number of amides is 2. The molecular formula is C18H18N6O2. The van der Waals surface area contributed by atoms with Gasteiger partial charge in [-0.2, -0.15) is 5.26 Å². The molecule has 1 atom stereocenters. The summed E-state index contributed by atoms with van der Waals surface area (Å²) in [6, 6.07) is 9.10. The molecule has 4 rings (SSSR count). The first-order chi connectivity index (χ1) is 12.5. The molecule has 2 aliphatic rings. The van der Waals surface area contributed by atoms with Crippen molar-refractivity contribution in [2.24, 2.45) is 12.5 Å². The van der Waals surface area contributed by atoms with Crippen molar-refractivity contribution in [3.05, 3.63) is 42.0 Å². The minimum atomic E-state index is -0.227. The monoisotopic (exact) mass is 350 g/mol. The van der Waals surface area contributed by atoms with Gasteiger partial charge in [0.2, 0.25) is 11.7 Å². The molecule has 0 unspecified atom stereocenters. The van der Waals surface area contributed by atoms with Gasteiger partial charge in [-0.3, -0.25) is 14.3 Å². The smallest absolute Gasteiger partial charge is 0.293 e. The van der Waals surface area contributed by atoms with Crippen LogP contribution < -0.4 is 4.90 Å². The topological polar surface area (TPSA) is 95.1 Å². The highest BCUT2D eigenvalue weighted by Crippen LogP contribution is 2.42. The largest absolute Gasteiger partial charge is 0.335 e. The van der Waals surface area contributed by atoms with Gasteiger partial charge < -0.3 is 9.80 Å². The molecule has 0 radical (unpaired) electrons. The quantitative estimate of drug-likeness (QED) is 0.804. The van der Waals surface area contributed by atoms with Crippen molar-refractivity contribution in [2.45, 2.75) is 12.8 Å². The fourth-order valence-corrected chi connectivity index (χ4v) is 3.81. The van der Waals surface area contributed by atoms with Crippen molar-refractivity contribution < 1.29 is 9.59 Å². The highest BCUT2D eigenvalue weighted by Gasteiger charge is 2.49. The molecule has 1 aromatic carbocycles. The molecule has 1 aromatic heterocycles. The van der Waals surface area contributed by atoms with E-state index in [1.807, 2.05) is 0 Å². The number of likely N-dealkylation sites (tertiary alicyclic amines) is 1. The number of rotatable bonds is 2. The number of aryl methyl sites for hydroxylation is 1. The minimum Gasteiger partial charge on any atom is -0.335 e. The Labute approximate surface area is 150 Å². The van der Waals surface area contributed by atoms with Gasteiger partial charge in [0.25, 0.3) is 5.91 Å². The summed E-state index contributed by atoms with van der Waals surface area (Å²) in [5.74, 6) is 0.0598. The number of anilines is 1. The Kier molecular flexibility index (Phi) is 3.72. The zero-order valence-electron chi connectivity index (χ0n) is 14.4. The first-order valence-corrected chi connectivity index (χ1v) is 8.45. The van der Waals surface area contributed by atoms with Crippen LogP contribution in [0.3, 0.4) is 0 Å². The predicted molar refractivity (Wildman–Crippen MR) is 92.1 cm³/mol. The van der Waals surface area contributed by atoms with E-state index in [4.69, 9.17) is 5.26 Å². The van der Waals surface area contributed by atoms with E-state index in [-0.39, 0.29) is 23.1 Å². The van der Waals surface area contributed by atoms with Crippen LogP contribution in [-0.4, -0.2) is 51.1 Å². The van der Waals surface area contributed by atoms with Gasteiger partial charge in [-0.1, -0.05) is 0 Å². The maximum absolute atomic E-state index is 12.6. The fraction of sp³-hybridized carbons (Fsp3) is 0.389. The van der Waals surface area contributed by atoms with E-state index in [1.165, 1.54) is 11.0 Å². The number of aromatic nitrogens is 3. The van der Waals surface area contributed by atoms with Crippen molar-refractivity contribution in [2.75, 3.05) is 24.5 Å². The molecule has 1 spiro atoms. The number of carbonyl (C=O) groups excluding carboxylic acids is 2. The van der Waals surface area contributed by atoms with Gasteiger partial charge in [-0.05, 0) is 30.7 Å². The van der Waals surface area contributed by atoms with Crippen LogP contribution in [0.15, 0.2) is 30.6 Å². The number of nitrogens with zero attached hydrogens (tertiary/aromatic N) is 6. The summed E-state index contributed by atoms with van der Waals surface area (Å²) in [5.41, 5.74) is 1.13. The SMILES string of the molecule is Cn1cnc(C(=O)N2CC[C@@]3(CC(=O)N(c4ccc(C#N)cc4)C3)C2)n1. The Morgan fingerprint density at radius 2 is 2.04 bits per heavy atom. The fourth-order valence-electron chi connectivity index (χ4n) is 3.81. The van der Waals surface area contributed by atoms with Gasteiger partial charge in [0.05, 0.1) is 11.6 Å². The molecule has 0 bridgehead atoms. The molecule has 0 aliphatic carbocycles. The minimum absolute atomic E-state index is 0.0555. The van der Waals surface area contributed by atoms with Crippen molar-refractivity contribution in [1.82, 2.24) is 19.7 Å². The second-order valence-electron chi connectivity index (χ2n) is 7.03. The number of carbonyl (C=O) groups is 2. The normalized spacial score (nSPS) is 22.2. The van der Waals surface area contributed by atoms with Gasteiger partial charge in [-0.15, -0.1) is 5.10 Å². The van der Waals surface area contributed by atoms with Crippen LogP contribution in [0.4, 0.5) is 5.69 Å². The second-order valence-corrected chi connectivity index (χ2v) is 7.03. The Bertz CT molecular complexity index is 913. The van der Waals surface area contributed by atoms with E-state index in [1.54, 1.807) is 41.1 Å². The third-order valence-corrected chi connectivity index (χ3v) is 5.15. The highest BCUT2D eigenvalue weighted by atomic mass is 16.2. The average Bonchev–Trinajstić information content (AvgIpc) is 3.34. The Hall–Kier alpha value is -3.21. The maximum Gasteiger partial charge on any atom is 0.293 e. The van der Waals surface area contributed by atoms with Crippen LogP contribution in [0, 0.1) is 16.7 Å². The lowest BCUT2D eigenvalue weighted by Gasteiger charge is -2.24. The molecule has 2 fully saturated rings.